The lowest BCUT2D eigenvalue weighted by Gasteiger charge is -2.18. The van der Waals surface area contributed by atoms with Crippen molar-refractivity contribution < 1.29 is 23.5 Å². The molecule has 7 heteroatoms. The zero-order valence-electron chi connectivity index (χ0n) is 14.0. The fourth-order valence-electron chi connectivity index (χ4n) is 2.55. The number of hydrogen-bond donors (Lipinski definition) is 1. The van der Waals surface area contributed by atoms with Crippen LogP contribution in [0.15, 0.2) is 53.2 Å². The van der Waals surface area contributed by atoms with Gasteiger partial charge in [0.2, 0.25) is 0 Å². The van der Waals surface area contributed by atoms with Gasteiger partial charge in [-0.1, -0.05) is 41.9 Å². The van der Waals surface area contributed by atoms with E-state index in [0.717, 1.165) is 17.2 Å². The number of hydrogen-bond acceptors (Lipinski definition) is 5. The number of carbonyl (C=O) groups excluding carboxylic acids is 2. The molecule has 0 radical (unpaired) electrons. The first kappa shape index (κ1) is 17.9. The molecule has 0 aliphatic carbocycles. The third-order valence-electron chi connectivity index (χ3n) is 3.91. The van der Waals surface area contributed by atoms with E-state index in [-0.39, 0.29) is 16.3 Å². The highest BCUT2D eigenvalue weighted by molar-refractivity contribution is 6.42. The number of aryl methyl sites for hydroxylation is 2. The average molecular weight is 376 g/mol. The van der Waals surface area contributed by atoms with Crippen LogP contribution in [0, 0.1) is 19.7 Å². The number of carbonyl (C=O) groups is 2. The Bertz CT molecular complexity index is 905. The van der Waals surface area contributed by atoms with Crippen molar-refractivity contribution in [1.29, 1.82) is 0 Å². The molecular weight excluding hydrogens is 361 g/mol. The number of cyclic esters (lactones) is 1. The summed E-state index contributed by atoms with van der Waals surface area (Å²) in [7, 11) is 0. The number of para-hydroxylation sites is 1. The maximum Gasteiger partial charge on any atom is 0.355 e. The largest absolute Gasteiger partial charge is 0.415 e. The smallest absolute Gasteiger partial charge is 0.355 e. The van der Waals surface area contributed by atoms with E-state index in [0.29, 0.717) is 5.69 Å². The molecule has 0 amide bonds. The Morgan fingerprint density at radius 3 is 2.46 bits per heavy atom. The Morgan fingerprint density at radius 1 is 1.15 bits per heavy atom. The molecule has 1 aliphatic rings. The quantitative estimate of drug-likeness (QED) is 0.817. The summed E-state index contributed by atoms with van der Waals surface area (Å²) in [4.78, 5) is 24.0. The third-order valence-corrected chi connectivity index (χ3v) is 4.27. The number of halogens is 2. The van der Waals surface area contributed by atoms with E-state index < -0.39 is 24.0 Å². The van der Waals surface area contributed by atoms with Gasteiger partial charge in [0, 0.05) is 5.69 Å². The lowest BCUT2D eigenvalue weighted by Crippen LogP contribution is -2.25. The first-order chi connectivity index (χ1) is 12.4. The molecule has 2 aromatic carbocycles. The Hall–Kier alpha value is -2.86. The minimum absolute atomic E-state index is 0.0961. The van der Waals surface area contributed by atoms with Crippen molar-refractivity contribution in [2.24, 2.45) is 0 Å². The Labute approximate surface area is 154 Å². The molecule has 0 unspecified atom stereocenters. The van der Waals surface area contributed by atoms with Crippen molar-refractivity contribution in [3.8, 4) is 0 Å². The summed E-state index contributed by atoms with van der Waals surface area (Å²) >= 11 is 6.02. The summed E-state index contributed by atoms with van der Waals surface area (Å²) in [6.45, 7) is 3.75. The van der Waals surface area contributed by atoms with E-state index in [1.165, 1.54) is 18.2 Å². The standard InChI is InChI=1S/C19H15ClFNO4/c1-10-6-5-7-11(2)15(10)22-16-14(20)18(24)26-19(16)25-17(23)12-8-3-4-9-13(12)21/h3-9,19,22H,1-2H3/t19-/m0/s1. The zero-order valence-corrected chi connectivity index (χ0v) is 14.8. The molecule has 0 spiro atoms. The monoisotopic (exact) mass is 375 g/mol. The molecule has 0 bridgehead atoms. The van der Waals surface area contributed by atoms with Gasteiger partial charge in [-0.25, -0.2) is 14.0 Å². The molecule has 3 rings (SSSR count). The molecule has 1 aliphatic heterocycles. The normalized spacial score (nSPS) is 16.5. The number of benzene rings is 2. The first-order valence-corrected chi connectivity index (χ1v) is 8.15. The van der Waals surface area contributed by atoms with Gasteiger partial charge in [-0.15, -0.1) is 0 Å². The second kappa shape index (κ2) is 7.17. The van der Waals surface area contributed by atoms with E-state index in [9.17, 15) is 14.0 Å². The van der Waals surface area contributed by atoms with E-state index >= 15 is 0 Å². The Morgan fingerprint density at radius 2 is 1.81 bits per heavy atom. The van der Waals surface area contributed by atoms with Gasteiger partial charge < -0.3 is 14.8 Å². The van der Waals surface area contributed by atoms with Gasteiger partial charge in [0.25, 0.3) is 6.29 Å². The van der Waals surface area contributed by atoms with Crippen LogP contribution in [0.1, 0.15) is 21.5 Å². The lowest BCUT2D eigenvalue weighted by atomic mass is 10.1. The number of ether oxygens (including phenoxy) is 2. The van der Waals surface area contributed by atoms with E-state index in [2.05, 4.69) is 5.32 Å². The van der Waals surface area contributed by atoms with Crippen molar-refractivity contribution in [1.82, 2.24) is 0 Å². The van der Waals surface area contributed by atoms with Gasteiger partial charge >= 0.3 is 11.9 Å². The fourth-order valence-corrected chi connectivity index (χ4v) is 2.73. The first-order valence-electron chi connectivity index (χ1n) is 7.78. The van der Waals surface area contributed by atoms with Gasteiger partial charge in [0.1, 0.15) is 11.5 Å². The highest BCUT2D eigenvalue weighted by atomic mass is 35.5. The second-order valence-electron chi connectivity index (χ2n) is 5.74. The predicted octanol–water partition coefficient (Wildman–Crippen LogP) is 4.04. The number of nitrogens with one attached hydrogen (secondary N) is 1. The van der Waals surface area contributed by atoms with Crippen molar-refractivity contribution in [2.45, 2.75) is 20.1 Å². The maximum atomic E-state index is 13.8. The molecule has 2 aromatic rings. The van der Waals surface area contributed by atoms with Crippen LogP contribution >= 0.6 is 11.6 Å². The predicted molar refractivity (Wildman–Crippen MR) is 94.1 cm³/mol. The molecule has 5 nitrogen and oxygen atoms in total. The molecule has 0 saturated carbocycles. The molecule has 0 aromatic heterocycles. The summed E-state index contributed by atoms with van der Waals surface area (Å²) < 4.78 is 23.9. The van der Waals surface area contributed by atoms with Crippen LogP contribution in [0.3, 0.4) is 0 Å². The number of esters is 2. The van der Waals surface area contributed by atoms with Gasteiger partial charge in [0.05, 0.1) is 5.56 Å². The molecular formula is C19H15ClFNO4. The van der Waals surface area contributed by atoms with Crippen molar-refractivity contribution in [3.63, 3.8) is 0 Å². The molecule has 0 fully saturated rings. The molecule has 134 valence electrons. The van der Waals surface area contributed by atoms with E-state index in [4.69, 9.17) is 21.1 Å². The zero-order chi connectivity index (χ0) is 18.8. The number of anilines is 1. The van der Waals surface area contributed by atoms with Crippen LogP contribution in [0.5, 0.6) is 0 Å². The van der Waals surface area contributed by atoms with Gasteiger partial charge in [0.15, 0.2) is 5.03 Å². The van der Waals surface area contributed by atoms with Gasteiger partial charge in [-0.05, 0) is 37.1 Å². The Kier molecular flexibility index (Phi) is 4.95. The SMILES string of the molecule is Cc1cccc(C)c1NC1=C(Cl)C(=O)O[C@@H]1OC(=O)c1ccccc1F. The number of rotatable bonds is 4. The minimum atomic E-state index is -1.39. The van der Waals surface area contributed by atoms with Crippen LogP contribution in [0.4, 0.5) is 10.1 Å². The van der Waals surface area contributed by atoms with Crippen molar-refractivity contribution in [2.75, 3.05) is 5.32 Å². The van der Waals surface area contributed by atoms with E-state index in [1.54, 1.807) is 0 Å². The van der Waals surface area contributed by atoms with Crippen LogP contribution < -0.4 is 5.32 Å². The van der Waals surface area contributed by atoms with Crippen LogP contribution in [0.25, 0.3) is 0 Å². The third kappa shape index (κ3) is 3.41. The topological polar surface area (TPSA) is 64.6 Å². The molecule has 0 saturated heterocycles. The second-order valence-corrected chi connectivity index (χ2v) is 6.12. The molecule has 1 heterocycles. The summed E-state index contributed by atoms with van der Waals surface area (Å²) in [6, 6.07) is 11.0. The highest BCUT2D eigenvalue weighted by Gasteiger charge is 2.37. The molecule has 1 N–H and O–H groups in total. The summed E-state index contributed by atoms with van der Waals surface area (Å²) in [6.07, 6.45) is -1.39. The highest BCUT2D eigenvalue weighted by Crippen LogP contribution is 2.31. The van der Waals surface area contributed by atoms with Gasteiger partial charge in [-0.3, -0.25) is 0 Å². The molecule has 1 atom stereocenters. The minimum Gasteiger partial charge on any atom is -0.415 e. The molecule has 26 heavy (non-hydrogen) atoms. The van der Waals surface area contributed by atoms with Crippen molar-refractivity contribution in [3.05, 3.63) is 75.7 Å². The fraction of sp³-hybridized carbons (Fsp3) is 0.158. The van der Waals surface area contributed by atoms with E-state index in [1.807, 2.05) is 32.0 Å². The van der Waals surface area contributed by atoms with Crippen LogP contribution in [-0.4, -0.2) is 18.2 Å². The van der Waals surface area contributed by atoms with Crippen LogP contribution in [-0.2, 0) is 14.3 Å². The summed E-state index contributed by atoms with van der Waals surface area (Å²) in [5.41, 5.74) is 2.35. The lowest BCUT2D eigenvalue weighted by molar-refractivity contribution is -0.152. The van der Waals surface area contributed by atoms with Crippen molar-refractivity contribution >= 4 is 29.2 Å². The Balaban J connectivity index is 1.87. The summed E-state index contributed by atoms with van der Waals surface area (Å²) in [5, 5.41) is 2.79. The average Bonchev–Trinajstić information content (AvgIpc) is 2.85. The summed E-state index contributed by atoms with van der Waals surface area (Å²) in [5.74, 6) is -2.53. The van der Waals surface area contributed by atoms with Crippen LogP contribution in [0.2, 0.25) is 0 Å². The van der Waals surface area contributed by atoms with Gasteiger partial charge in [-0.2, -0.15) is 0 Å². The maximum absolute atomic E-state index is 13.8.